The quantitative estimate of drug-likeness (QED) is 0.435. The average molecular weight is 553 g/mol. The fourth-order valence-electron chi connectivity index (χ4n) is 5.66. The Morgan fingerprint density at radius 1 is 1.19 bits per heavy atom. The van der Waals surface area contributed by atoms with Gasteiger partial charge in [0.15, 0.2) is 11.9 Å². The molecule has 3 aliphatic rings. The van der Waals surface area contributed by atoms with Gasteiger partial charge >= 0.3 is 11.9 Å². The van der Waals surface area contributed by atoms with Crippen LogP contribution in [-0.4, -0.2) is 52.7 Å². The number of carbonyl (C=O) groups excluding carboxylic acids is 2. The molecular weight excluding hydrogens is 519 g/mol. The summed E-state index contributed by atoms with van der Waals surface area (Å²) in [5.74, 6) is -0.533. The predicted octanol–water partition coefficient (Wildman–Crippen LogP) is 5.04. The van der Waals surface area contributed by atoms with Crippen LogP contribution in [0.5, 0.6) is 5.75 Å². The molecule has 202 valence electrons. The minimum Gasteiger partial charge on any atom is -0.476 e. The van der Waals surface area contributed by atoms with Crippen LogP contribution < -0.4 is 4.74 Å². The first-order valence-corrected chi connectivity index (χ1v) is 13.7. The Labute approximate surface area is 227 Å². The summed E-state index contributed by atoms with van der Waals surface area (Å²) in [6.45, 7) is 3.92. The number of para-hydroxylation sites is 1. The number of hydrogen-bond acceptors (Lipinski definition) is 7. The van der Waals surface area contributed by atoms with Gasteiger partial charge in [-0.25, -0.2) is 4.79 Å². The predicted molar refractivity (Wildman–Crippen MR) is 139 cm³/mol. The zero-order valence-corrected chi connectivity index (χ0v) is 22.5. The van der Waals surface area contributed by atoms with E-state index in [9.17, 15) is 19.8 Å². The number of hydrogen-bond donors (Lipinski definition) is 2. The van der Waals surface area contributed by atoms with E-state index in [0.717, 1.165) is 5.57 Å². The van der Waals surface area contributed by atoms with E-state index in [1.54, 1.807) is 18.2 Å². The highest BCUT2D eigenvalue weighted by atomic mass is 35.5. The van der Waals surface area contributed by atoms with E-state index >= 15 is 0 Å². The third kappa shape index (κ3) is 6.69. The molecule has 0 aromatic heterocycles. The van der Waals surface area contributed by atoms with Crippen molar-refractivity contribution in [2.45, 2.75) is 82.9 Å². The molecule has 0 spiro atoms. The van der Waals surface area contributed by atoms with Gasteiger partial charge in [0.05, 0.1) is 28.7 Å². The zero-order valence-electron chi connectivity index (χ0n) is 21.0. The number of benzene rings is 1. The van der Waals surface area contributed by atoms with Crippen molar-refractivity contribution in [3.8, 4) is 5.75 Å². The highest BCUT2D eigenvalue weighted by Gasteiger charge is 2.43. The van der Waals surface area contributed by atoms with E-state index in [1.807, 2.05) is 19.1 Å². The SMILES string of the molecule is CCC(Oc1c(Cl)cccc1Cl)C(=O)O[C@H]1C[C@H](O)C=C2C=C[C@H](C)[C@H](CC[C@@H]3C[C@@H](O)CC(=O)O3)[C@H]21. The number of allylic oxidation sites excluding steroid dienone is 2. The monoisotopic (exact) mass is 552 g/mol. The summed E-state index contributed by atoms with van der Waals surface area (Å²) < 4.78 is 17.4. The number of fused-ring (bicyclic) bond motifs is 1. The number of halogens is 2. The Kier molecular flexibility index (Phi) is 9.22. The van der Waals surface area contributed by atoms with Gasteiger partial charge in [0.2, 0.25) is 0 Å². The standard InChI is InChI=1S/C28H34Cl2O7/c1-3-23(36-27-21(29)5-4-6-22(27)30)28(34)37-24-13-17(31)11-16-8-7-15(2)20(26(16)24)10-9-19-12-18(32)14-25(33)35-19/h4-8,11,15,17-20,23-24,26,31-32H,3,9-10,12-14H2,1-2H3/t15-,17+,18+,19+,20-,23?,24-,26-/m0/s1. The first-order chi connectivity index (χ1) is 17.7. The average Bonchev–Trinajstić information content (AvgIpc) is 2.82. The molecule has 2 N–H and O–H groups in total. The molecule has 4 rings (SSSR count). The lowest BCUT2D eigenvalue weighted by Crippen LogP contribution is -2.44. The first kappa shape index (κ1) is 28.0. The van der Waals surface area contributed by atoms with Crippen LogP contribution in [0, 0.1) is 17.8 Å². The molecule has 0 saturated carbocycles. The molecule has 0 bridgehead atoms. The van der Waals surface area contributed by atoms with E-state index < -0.39 is 30.4 Å². The molecule has 37 heavy (non-hydrogen) atoms. The number of esters is 2. The fraction of sp³-hybridized carbons (Fsp3) is 0.571. The summed E-state index contributed by atoms with van der Waals surface area (Å²) in [5, 5.41) is 21.1. The van der Waals surface area contributed by atoms with Gasteiger partial charge < -0.3 is 24.4 Å². The van der Waals surface area contributed by atoms with Crippen LogP contribution >= 0.6 is 23.2 Å². The van der Waals surface area contributed by atoms with Crippen molar-refractivity contribution in [2.75, 3.05) is 0 Å². The Morgan fingerprint density at radius 3 is 2.59 bits per heavy atom. The Morgan fingerprint density at radius 2 is 1.92 bits per heavy atom. The van der Waals surface area contributed by atoms with E-state index in [0.29, 0.717) is 35.7 Å². The zero-order chi connectivity index (χ0) is 26.7. The second-order valence-electron chi connectivity index (χ2n) is 10.2. The maximum Gasteiger partial charge on any atom is 0.347 e. The van der Waals surface area contributed by atoms with Crippen LogP contribution in [-0.2, 0) is 19.1 Å². The topological polar surface area (TPSA) is 102 Å². The largest absolute Gasteiger partial charge is 0.476 e. The van der Waals surface area contributed by atoms with E-state index in [1.165, 1.54) is 0 Å². The van der Waals surface area contributed by atoms with Gasteiger partial charge in [0, 0.05) is 18.8 Å². The maximum atomic E-state index is 13.3. The highest BCUT2D eigenvalue weighted by molar-refractivity contribution is 6.37. The lowest BCUT2D eigenvalue weighted by molar-refractivity contribution is -0.165. The number of rotatable bonds is 8. The smallest absolute Gasteiger partial charge is 0.347 e. The van der Waals surface area contributed by atoms with Gasteiger partial charge in [-0.2, -0.15) is 0 Å². The molecule has 7 nitrogen and oxygen atoms in total. The van der Waals surface area contributed by atoms with Crippen molar-refractivity contribution >= 4 is 35.1 Å². The number of aliphatic hydroxyl groups excluding tert-OH is 2. The second-order valence-corrected chi connectivity index (χ2v) is 11.0. The number of aliphatic hydroxyl groups is 2. The molecule has 1 aromatic carbocycles. The molecule has 0 radical (unpaired) electrons. The van der Waals surface area contributed by atoms with Crippen LogP contribution in [0.15, 0.2) is 42.0 Å². The van der Waals surface area contributed by atoms with Crippen molar-refractivity contribution in [3.63, 3.8) is 0 Å². The molecule has 0 amide bonds. The molecule has 1 aliphatic heterocycles. The molecule has 2 aliphatic carbocycles. The Bertz CT molecular complexity index is 1030. The number of carbonyl (C=O) groups is 2. The molecule has 1 aromatic rings. The molecule has 1 heterocycles. The summed E-state index contributed by atoms with van der Waals surface area (Å²) in [4.78, 5) is 25.1. The van der Waals surface area contributed by atoms with E-state index in [2.05, 4.69) is 13.0 Å². The van der Waals surface area contributed by atoms with Gasteiger partial charge in [0.25, 0.3) is 0 Å². The fourth-order valence-corrected chi connectivity index (χ4v) is 6.15. The van der Waals surface area contributed by atoms with Crippen molar-refractivity contribution in [1.29, 1.82) is 0 Å². The summed E-state index contributed by atoms with van der Waals surface area (Å²) in [7, 11) is 0. The Hall–Kier alpha value is -2.06. The van der Waals surface area contributed by atoms with Crippen molar-refractivity contribution < 1.29 is 34.0 Å². The normalized spacial score (nSPS) is 32.1. The minimum absolute atomic E-state index is 0.0323. The summed E-state index contributed by atoms with van der Waals surface area (Å²) in [6, 6.07) is 4.97. The van der Waals surface area contributed by atoms with E-state index in [4.69, 9.17) is 37.4 Å². The first-order valence-electron chi connectivity index (χ1n) is 12.9. The van der Waals surface area contributed by atoms with Crippen LogP contribution in [0.4, 0.5) is 0 Å². The lowest BCUT2D eigenvalue weighted by atomic mass is 9.66. The molecular formula is C28H34Cl2O7. The van der Waals surface area contributed by atoms with Gasteiger partial charge in [-0.1, -0.05) is 61.3 Å². The van der Waals surface area contributed by atoms with Crippen LogP contribution in [0.2, 0.25) is 10.0 Å². The second kappa shape index (κ2) is 12.2. The van der Waals surface area contributed by atoms with Crippen LogP contribution in [0.3, 0.4) is 0 Å². The van der Waals surface area contributed by atoms with Gasteiger partial charge in [0.1, 0.15) is 12.2 Å². The van der Waals surface area contributed by atoms with Crippen LogP contribution in [0.1, 0.15) is 52.4 Å². The van der Waals surface area contributed by atoms with Crippen molar-refractivity contribution in [3.05, 3.63) is 52.0 Å². The van der Waals surface area contributed by atoms with Crippen molar-refractivity contribution in [1.82, 2.24) is 0 Å². The maximum absolute atomic E-state index is 13.3. The van der Waals surface area contributed by atoms with Gasteiger partial charge in [-0.15, -0.1) is 0 Å². The number of ether oxygens (including phenoxy) is 3. The molecule has 1 unspecified atom stereocenters. The third-order valence-corrected chi connectivity index (χ3v) is 8.11. The van der Waals surface area contributed by atoms with Crippen molar-refractivity contribution in [2.24, 2.45) is 17.8 Å². The van der Waals surface area contributed by atoms with Crippen LogP contribution in [0.25, 0.3) is 0 Å². The van der Waals surface area contributed by atoms with E-state index in [-0.39, 0.29) is 48.4 Å². The lowest BCUT2D eigenvalue weighted by Gasteiger charge is -2.43. The summed E-state index contributed by atoms with van der Waals surface area (Å²) in [5.41, 5.74) is 0.934. The summed E-state index contributed by atoms with van der Waals surface area (Å²) >= 11 is 12.5. The summed E-state index contributed by atoms with van der Waals surface area (Å²) in [6.07, 6.45) is 5.09. The number of cyclic esters (lactones) is 1. The minimum atomic E-state index is -0.915. The molecule has 8 atom stereocenters. The molecule has 9 heteroatoms. The van der Waals surface area contributed by atoms with Gasteiger partial charge in [-0.05, 0) is 48.8 Å². The Balaban J connectivity index is 1.49. The molecule has 1 saturated heterocycles. The highest BCUT2D eigenvalue weighted by Crippen LogP contribution is 2.44. The third-order valence-electron chi connectivity index (χ3n) is 7.51. The molecule has 1 fully saturated rings. The van der Waals surface area contributed by atoms with Gasteiger partial charge in [-0.3, -0.25) is 4.79 Å².